The number of urea groups is 1. The molecule has 0 saturated carbocycles. The van der Waals surface area contributed by atoms with Gasteiger partial charge < -0.3 is 10.1 Å². The average molecular weight is 458 g/mol. The number of carbonyl (C=O) groups excluding carboxylic acids is 1. The highest BCUT2D eigenvalue weighted by molar-refractivity contribution is 14.1. The van der Waals surface area contributed by atoms with Crippen LogP contribution in [0.1, 0.15) is 5.56 Å². The van der Waals surface area contributed by atoms with Crippen molar-refractivity contribution in [2.45, 2.75) is 6.54 Å². The molecule has 26 heavy (non-hydrogen) atoms. The SMILES string of the molecule is COc1ccc(NC(=O)N(Cc2ccccc2)c2ccccc2I)cc1. The zero-order valence-corrected chi connectivity index (χ0v) is 16.5. The summed E-state index contributed by atoms with van der Waals surface area (Å²) in [4.78, 5) is 14.8. The maximum Gasteiger partial charge on any atom is 0.326 e. The van der Waals surface area contributed by atoms with Crippen LogP contribution in [-0.4, -0.2) is 13.1 Å². The molecule has 0 aliphatic heterocycles. The van der Waals surface area contributed by atoms with Crippen LogP contribution in [-0.2, 0) is 6.54 Å². The van der Waals surface area contributed by atoms with Gasteiger partial charge in [-0.05, 0) is 64.6 Å². The van der Waals surface area contributed by atoms with E-state index in [-0.39, 0.29) is 6.03 Å². The number of hydrogen-bond donors (Lipinski definition) is 1. The van der Waals surface area contributed by atoms with E-state index < -0.39 is 0 Å². The number of hydrogen-bond acceptors (Lipinski definition) is 2. The first-order chi connectivity index (χ1) is 12.7. The van der Waals surface area contributed by atoms with Gasteiger partial charge in [0.15, 0.2) is 0 Å². The molecule has 2 amide bonds. The van der Waals surface area contributed by atoms with E-state index in [1.807, 2.05) is 78.9 Å². The normalized spacial score (nSPS) is 10.2. The van der Waals surface area contributed by atoms with E-state index in [1.165, 1.54) is 0 Å². The van der Waals surface area contributed by atoms with Crippen LogP contribution >= 0.6 is 22.6 Å². The average Bonchev–Trinajstić information content (AvgIpc) is 2.68. The molecule has 0 aliphatic carbocycles. The van der Waals surface area contributed by atoms with Gasteiger partial charge in [-0.25, -0.2) is 4.79 Å². The first-order valence-corrected chi connectivity index (χ1v) is 9.26. The fourth-order valence-corrected chi connectivity index (χ4v) is 3.25. The molecule has 3 aromatic carbocycles. The number of para-hydroxylation sites is 1. The van der Waals surface area contributed by atoms with Gasteiger partial charge in [0, 0.05) is 9.26 Å². The number of rotatable bonds is 5. The number of amides is 2. The van der Waals surface area contributed by atoms with Crippen LogP contribution in [0.3, 0.4) is 0 Å². The third-order valence-electron chi connectivity index (χ3n) is 3.91. The second-order valence-corrected chi connectivity index (χ2v) is 6.84. The van der Waals surface area contributed by atoms with Crippen molar-refractivity contribution in [1.82, 2.24) is 0 Å². The minimum absolute atomic E-state index is 0.178. The van der Waals surface area contributed by atoms with Crippen LogP contribution in [0.15, 0.2) is 78.9 Å². The molecule has 0 radical (unpaired) electrons. The molecule has 0 spiro atoms. The summed E-state index contributed by atoms with van der Waals surface area (Å²) in [5.41, 5.74) is 2.67. The summed E-state index contributed by atoms with van der Waals surface area (Å²) in [5.74, 6) is 0.752. The Labute approximate surface area is 166 Å². The number of halogens is 1. The number of carbonyl (C=O) groups is 1. The van der Waals surface area contributed by atoms with Crippen molar-refractivity contribution in [2.24, 2.45) is 0 Å². The lowest BCUT2D eigenvalue weighted by Gasteiger charge is -2.24. The molecule has 0 atom stereocenters. The molecule has 0 aromatic heterocycles. The quantitative estimate of drug-likeness (QED) is 0.511. The van der Waals surface area contributed by atoms with Gasteiger partial charge in [0.1, 0.15) is 5.75 Å². The molecule has 0 saturated heterocycles. The number of ether oxygens (including phenoxy) is 1. The highest BCUT2D eigenvalue weighted by atomic mass is 127. The second-order valence-electron chi connectivity index (χ2n) is 5.68. The highest BCUT2D eigenvalue weighted by Crippen LogP contribution is 2.25. The van der Waals surface area contributed by atoms with Crippen molar-refractivity contribution in [1.29, 1.82) is 0 Å². The zero-order valence-electron chi connectivity index (χ0n) is 14.4. The van der Waals surface area contributed by atoms with Crippen LogP contribution in [0.2, 0.25) is 0 Å². The number of methoxy groups -OCH3 is 1. The Morgan fingerprint density at radius 1 is 0.962 bits per heavy atom. The Balaban J connectivity index is 1.86. The minimum Gasteiger partial charge on any atom is -0.497 e. The molecule has 0 heterocycles. The topological polar surface area (TPSA) is 41.6 Å². The molecule has 0 bridgehead atoms. The van der Waals surface area contributed by atoms with Crippen molar-refractivity contribution in [3.05, 3.63) is 88.0 Å². The predicted octanol–water partition coefficient (Wildman–Crippen LogP) is 5.54. The molecular formula is C21H19IN2O2. The van der Waals surface area contributed by atoms with E-state index in [0.717, 1.165) is 26.3 Å². The Morgan fingerprint density at radius 3 is 2.27 bits per heavy atom. The van der Waals surface area contributed by atoms with Gasteiger partial charge in [-0.2, -0.15) is 0 Å². The van der Waals surface area contributed by atoms with Crippen LogP contribution in [0.4, 0.5) is 16.2 Å². The van der Waals surface area contributed by atoms with Crippen molar-refractivity contribution in [3.63, 3.8) is 0 Å². The minimum atomic E-state index is -0.178. The Morgan fingerprint density at radius 2 is 1.62 bits per heavy atom. The zero-order chi connectivity index (χ0) is 18.4. The van der Waals surface area contributed by atoms with Gasteiger partial charge in [0.05, 0.1) is 19.3 Å². The van der Waals surface area contributed by atoms with Crippen molar-refractivity contribution in [3.8, 4) is 5.75 Å². The van der Waals surface area contributed by atoms with E-state index in [0.29, 0.717) is 6.54 Å². The molecule has 3 aromatic rings. The summed E-state index contributed by atoms with van der Waals surface area (Å²) < 4.78 is 6.18. The molecule has 0 aliphatic rings. The van der Waals surface area contributed by atoms with Gasteiger partial charge in [-0.15, -0.1) is 0 Å². The van der Waals surface area contributed by atoms with Crippen LogP contribution in [0, 0.1) is 3.57 Å². The maximum atomic E-state index is 13.0. The van der Waals surface area contributed by atoms with Gasteiger partial charge in [0.2, 0.25) is 0 Å². The van der Waals surface area contributed by atoms with E-state index in [9.17, 15) is 4.79 Å². The number of nitrogens with zero attached hydrogens (tertiary/aromatic N) is 1. The Bertz CT molecular complexity index is 867. The van der Waals surface area contributed by atoms with Crippen LogP contribution in [0.5, 0.6) is 5.75 Å². The maximum absolute atomic E-state index is 13.0. The summed E-state index contributed by atoms with van der Waals surface area (Å²) in [7, 11) is 1.62. The number of anilines is 2. The Kier molecular flexibility index (Phi) is 6.12. The molecule has 0 fully saturated rings. The lowest BCUT2D eigenvalue weighted by molar-refractivity contribution is 0.256. The standard InChI is InChI=1S/C21H19IN2O2/c1-26-18-13-11-17(12-14-18)23-21(25)24(15-16-7-3-2-4-8-16)20-10-6-5-9-19(20)22/h2-14H,15H2,1H3,(H,23,25). The fourth-order valence-electron chi connectivity index (χ4n) is 2.57. The lowest BCUT2D eigenvalue weighted by Crippen LogP contribution is -2.35. The van der Waals surface area contributed by atoms with E-state index in [2.05, 4.69) is 27.9 Å². The summed E-state index contributed by atoms with van der Waals surface area (Å²) in [6.45, 7) is 0.489. The summed E-state index contributed by atoms with van der Waals surface area (Å²) in [5, 5.41) is 2.97. The first kappa shape index (κ1) is 18.3. The molecule has 4 nitrogen and oxygen atoms in total. The highest BCUT2D eigenvalue weighted by Gasteiger charge is 2.18. The van der Waals surface area contributed by atoms with Crippen molar-refractivity contribution >= 4 is 40.0 Å². The lowest BCUT2D eigenvalue weighted by atomic mass is 10.2. The molecule has 1 N–H and O–H groups in total. The van der Waals surface area contributed by atoms with Gasteiger partial charge in [-0.3, -0.25) is 4.90 Å². The predicted molar refractivity (Wildman–Crippen MR) is 114 cm³/mol. The van der Waals surface area contributed by atoms with Crippen LogP contribution in [0.25, 0.3) is 0 Å². The largest absolute Gasteiger partial charge is 0.497 e. The smallest absolute Gasteiger partial charge is 0.326 e. The van der Waals surface area contributed by atoms with E-state index >= 15 is 0 Å². The van der Waals surface area contributed by atoms with Crippen LogP contribution < -0.4 is 15.0 Å². The molecule has 3 rings (SSSR count). The molecule has 5 heteroatoms. The summed E-state index contributed by atoms with van der Waals surface area (Å²) >= 11 is 2.25. The van der Waals surface area contributed by atoms with Gasteiger partial charge >= 0.3 is 6.03 Å². The second kappa shape index (κ2) is 8.71. The van der Waals surface area contributed by atoms with E-state index in [1.54, 1.807) is 12.0 Å². The monoisotopic (exact) mass is 458 g/mol. The Hall–Kier alpha value is -2.54. The first-order valence-electron chi connectivity index (χ1n) is 8.18. The van der Waals surface area contributed by atoms with Crippen molar-refractivity contribution < 1.29 is 9.53 Å². The third kappa shape index (κ3) is 4.54. The fraction of sp³-hybridized carbons (Fsp3) is 0.0952. The van der Waals surface area contributed by atoms with Crippen molar-refractivity contribution in [2.75, 3.05) is 17.3 Å². The van der Waals surface area contributed by atoms with Gasteiger partial charge in [-0.1, -0.05) is 42.5 Å². The molecule has 132 valence electrons. The summed E-state index contributed by atoms with van der Waals surface area (Å²) in [6, 6.07) is 24.9. The van der Waals surface area contributed by atoms with Gasteiger partial charge in [0.25, 0.3) is 0 Å². The number of nitrogens with one attached hydrogen (secondary N) is 1. The third-order valence-corrected chi connectivity index (χ3v) is 4.83. The van der Waals surface area contributed by atoms with E-state index in [4.69, 9.17) is 4.74 Å². The summed E-state index contributed by atoms with van der Waals surface area (Å²) in [6.07, 6.45) is 0. The number of benzene rings is 3. The molecular weight excluding hydrogens is 439 g/mol. The molecule has 0 unspecified atom stereocenters.